The fourth-order valence-electron chi connectivity index (χ4n) is 3.03. The predicted octanol–water partition coefficient (Wildman–Crippen LogP) is 2.98. The van der Waals surface area contributed by atoms with Gasteiger partial charge in [0, 0.05) is 35.4 Å². The smallest absolute Gasteiger partial charge is 0.339 e. The lowest BCUT2D eigenvalue weighted by molar-refractivity contribution is -0.121. The van der Waals surface area contributed by atoms with Crippen LogP contribution in [0.25, 0.3) is 21.9 Å². The van der Waals surface area contributed by atoms with E-state index in [4.69, 9.17) is 8.83 Å². The molecule has 138 valence electrons. The van der Waals surface area contributed by atoms with Gasteiger partial charge in [0.05, 0.1) is 12.4 Å². The third-order valence-corrected chi connectivity index (χ3v) is 4.78. The summed E-state index contributed by atoms with van der Waals surface area (Å²) >= 11 is 0. The van der Waals surface area contributed by atoms with Crippen molar-refractivity contribution >= 4 is 27.8 Å². The Hall–Kier alpha value is -2.60. The van der Waals surface area contributed by atoms with E-state index < -0.39 is 11.7 Å². The molecular formula is C20H23NO5. The van der Waals surface area contributed by atoms with Crippen LogP contribution in [0.15, 0.2) is 32.0 Å². The zero-order valence-electron chi connectivity index (χ0n) is 15.2. The lowest BCUT2D eigenvalue weighted by Crippen LogP contribution is -2.32. The number of furan rings is 1. The standard InChI is InChI=1S/C20H23NO5/c1-4-13(22)9-21-19(23)6-5-14-12(3)16-7-15-11(2)10-25-17(15)8-18(16)26-20(14)24/h7-8,10,13,22H,4-6,9H2,1-3H3,(H,21,23). The second kappa shape index (κ2) is 7.33. The first kappa shape index (κ1) is 18.2. The summed E-state index contributed by atoms with van der Waals surface area (Å²) in [6.07, 6.45) is 2.16. The van der Waals surface area contributed by atoms with Gasteiger partial charge < -0.3 is 19.3 Å². The van der Waals surface area contributed by atoms with Crippen LogP contribution in [0.1, 0.15) is 36.5 Å². The van der Waals surface area contributed by atoms with Crippen LogP contribution in [0.5, 0.6) is 0 Å². The zero-order chi connectivity index (χ0) is 18.8. The van der Waals surface area contributed by atoms with Crippen LogP contribution < -0.4 is 10.9 Å². The Morgan fingerprint density at radius 3 is 2.73 bits per heavy atom. The fraction of sp³-hybridized carbons (Fsp3) is 0.400. The lowest BCUT2D eigenvalue weighted by atomic mass is 10.0. The van der Waals surface area contributed by atoms with Crippen molar-refractivity contribution in [2.24, 2.45) is 0 Å². The number of rotatable bonds is 6. The summed E-state index contributed by atoms with van der Waals surface area (Å²) in [6.45, 7) is 5.90. The molecule has 1 amide bonds. The first-order valence-electron chi connectivity index (χ1n) is 8.79. The topological polar surface area (TPSA) is 92.7 Å². The average molecular weight is 357 g/mol. The maximum Gasteiger partial charge on any atom is 0.339 e. The van der Waals surface area contributed by atoms with Crippen molar-refractivity contribution in [3.63, 3.8) is 0 Å². The number of carbonyl (C=O) groups excluding carboxylic acids is 1. The third kappa shape index (κ3) is 3.51. The summed E-state index contributed by atoms with van der Waals surface area (Å²) in [5.41, 5.74) is 3.07. The van der Waals surface area contributed by atoms with Gasteiger partial charge in [-0.2, -0.15) is 0 Å². The number of aliphatic hydroxyl groups excluding tert-OH is 1. The molecule has 1 aromatic carbocycles. The number of hydrogen-bond donors (Lipinski definition) is 2. The van der Waals surface area contributed by atoms with Crippen LogP contribution in [0, 0.1) is 13.8 Å². The summed E-state index contributed by atoms with van der Waals surface area (Å²) < 4.78 is 10.9. The number of hydrogen-bond acceptors (Lipinski definition) is 5. The Balaban J connectivity index is 1.86. The molecule has 3 aromatic rings. The van der Waals surface area contributed by atoms with E-state index in [2.05, 4.69) is 5.32 Å². The van der Waals surface area contributed by atoms with Crippen molar-refractivity contribution in [2.75, 3.05) is 6.54 Å². The number of carbonyl (C=O) groups is 1. The van der Waals surface area contributed by atoms with Crippen LogP contribution >= 0.6 is 0 Å². The average Bonchev–Trinajstić information content (AvgIpc) is 2.98. The lowest BCUT2D eigenvalue weighted by Gasteiger charge is -2.10. The Kier molecular flexibility index (Phi) is 5.13. The maximum atomic E-state index is 12.4. The predicted molar refractivity (Wildman–Crippen MR) is 99.4 cm³/mol. The molecule has 0 saturated heterocycles. The monoisotopic (exact) mass is 357 g/mol. The van der Waals surface area contributed by atoms with E-state index in [-0.39, 0.29) is 18.9 Å². The van der Waals surface area contributed by atoms with E-state index in [9.17, 15) is 14.7 Å². The molecule has 0 saturated carbocycles. The molecule has 0 aliphatic rings. The van der Waals surface area contributed by atoms with Crippen molar-refractivity contribution in [3.8, 4) is 0 Å². The first-order valence-corrected chi connectivity index (χ1v) is 8.79. The molecule has 0 fully saturated rings. The van der Waals surface area contributed by atoms with E-state index in [1.54, 1.807) is 12.3 Å². The molecule has 0 spiro atoms. The SMILES string of the molecule is CCC(O)CNC(=O)CCc1c(C)c2cc3c(C)coc3cc2oc1=O. The molecule has 26 heavy (non-hydrogen) atoms. The van der Waals surface area contributed by atoms with Crippen LogP contribution in [-0.2, 0) is 11.2 Å². The molecular weight excluding hydrogens is 334 g/mol. The Morgan fingerprint density at radius 2 is 2.00 bits per heavy atom. The van der Waals surface area contributed by atoms with Gasteiger partial charge >= 0.3 is 5.63 Å². The number of aliphatic hydroxyl groups is 1. The Morgan fingerprint density at radius 1 is 1.23 bits per heavy atom. The summed E-state index contributed by atoms with van der Waals surface area (Å²) in [5.74, 6) is -0.197. The van der Waals surface area contributed by atoms with Crippen molar-refractivity contribution in [3.05, 3.63) is 45.5 Å². The minimum Gasteiger partial charge on any atom is -0.464 e. The van der Waals surface area contributed by atoms with Crippen LogP contribution in [-0.4, -0.2) is 23.7 Å². The molecule has 0 aliphatic heterocycles. The number of benzene rings is 1. The van der Waals surface area contributed by atoms with Gasteiger partial charge in [-0.1, -0.05) is 6.92 Å². The van der Waals surface area contributed by atoms with Crippen molar-refractivity contribution in [1.82, 2.24) is 5.32 Å². The van der Waals surface area contributed by atoms with E-state index >= 15 is 0 Å². The summed E-state index contributed by atoms with van der Waals surface area (Å²) in [5, 5.41) is 14.0. The van der Waals surface area contributed by atoms with Gasteiger partial charge in [0.1, 0.15) is 11.2 Å². The van der Waals surface area contributed by atoms with Gasteiger partial charge in [-0.25, -0.2) is 4.79 Å². The molecule has 0 aliphatic carbocycles. The highest BCUT2D eigenvalue weighted by atomic mass is 16.4. The van der Waals surface area contributed by atoms with Gasteiger partial charge in [0.15, 0.2) is 0 Å². The number of fused-ring (bicyclic) bond motifs is 2. The maximum absolute atomic E-state index is 12.4. The quantitative estimate of drug-likeness (QED) is 0.662. The highest BCUT2D eigenvalue weighted by Crippen LogP contribution is 2.28. The van der Waals surface area contributed by atoms with Crippen LogP contribution in [0.4, 0.5) is 0 Å². The minimum absolute atomic E-state index is 0.167. The normalized spacial score (nSPS) is 12.6. The Labute approximate surface area is 150 Å². The number of amides is 1. The molecule has 3 rings (SSSR count). The molecule has 6 nitrogen and oxygen atoms in total. The number of aryl methyl sites for hydroxylation is 2. The first-order chi connectivity index (χ1) is 12.4. The molecule has 0 bridgehead atoms. The van der Waals surface area contributed by atoms with Crippen LogP contribution in [0.3, 0.4) is 0 Å². The second-order valence-electron chi connectivity index (χ2n) is 6.62. The summed E-state index contributed by atoms with van der Waals surface area (Å²) in [6, 6.07) is 3.69. The van der Waals surface area contributed by atoms with Gasteiger partial charge in [0.25, 0.3) is 0 Å². The van der Waals surface area contributed by atoms with Crippen molar-refractivity contribution in [2.45, 2.75) is 46.1 Å². The summed E-state index contributed by atoms with van der Waals surface area (Å²) in [7, 11) is 0. The molecule has 6 heteroatoms. The summed E-state index contributed by atoms with van der Waals surface area (Å²) in [4.78, 5) is 24.3. The van der Waals surface area contributed by atoms with Gasteiger partial charge in [0.2, 0.25) is 5.91 Å². The largest absolute Gasteiger partial charge is 0.464 e. The van der Waals surface area contributed by atoms with Crippen LogP contribution in [0.2, 0.25) is 0 Å². The highest BCUT2D eigenvalue weighted by molar-refractivity contribution is 5.96. The minimum atomic E-state index is -0.549. The third-order valence-electron chi connectivity index (χ3n) is 4.78. The Bertz CT molecular complexity index is 1010. The fourth-order valence-corrected chi connectivity index (χ4v) is 3.03. The molecule has 2 heterocycles. The van der Waals surface area contributed by atoms with Gasteiger partial charge in [-0.05, 0) is 43.9 Å². The second-order valence-corrected chi connectivity index (χ2v) is 6.62. The van der Waals surface area contributed by atoms with E-state index in [0.717, 1.165) is 21.9 Å². The molecule has 2 aromatic heterocycles. The number of nitrogens with one attached hydrogen (secondary N) is 1. The highest BCUT2D eigenvalue weighted by Gasteiger charge is 2.15. The van der Waals surface area contributed by atoms with E-state index in [1.807, 2.05) is 26.8 Å². The molecule has 1 unspecified atom stereocenters. The van der Waals surface area contributed by atoms with E-state index in [0.29, 0.717) is 29.6 Å². The zero-order valence-corrected chi connectivity index (χ0v) is 15.2. The molecule has 0 radical (unpaired) electrons. The van der Waals surface area contributed by atoms with Crippen molar-refractivity contribution < 1.29 is 18.7 Å². The van der Waals surface area contributed by atoms with Gasteiger partial charge in [-0.15, -0.1) is 0 Å². The molecule has 1 atom stereocenters. The molecule has 2 N–H and O–H groups in total. The van der Waals surface area contributed by atoms with E-state index in [1.165, 1.54) is 0 Å². The van der Waals surface area contributed by atoms with Gasteiger partial charge in [-0.3, -0.25) is 4.79 Å². The van der Waals surface area contributed by atoms with Crippen molar-refractivity contribution in [1.29, 1.82) is 0 Å².